The lowest BCUT2D eigenvalue weighted by Crippen LogP contribution is -2.42. The lowest BCUT2D eigenvalue weighted by Gasteiger charge is -2.28. The van der Waals surface area contributed by atoms with Crippen LogP contribution in [0.1, 0.15) is 53.2 Å². The van der Waals surface area contributed by atoms with E-state index in [-0.39, 0.29) is 43.7 Å². The molecule has 3 N–H and O–H groups in total. The quantitative estimate of drug-likeness (QED) is 0.423. The van der Waals surface area contributed by atoms with Gasteiger partial charge in [-0.05, 0) is 43.0 Å². The van der Waals surface area contributed by atoms with Crippen molar-refractivity contribution in [2.45, 2.75) is 50.2 Å². The predicted octanol–water partition coefficient (Wildman–Crippen LogP) is 4.85. The maximum Gasteiger partial charge on any atom is 0.426 e. The average Bonchev–Trinajstić information content (AvgIpc) is 3.35. The van der Waals surface area contributed by atoms with Crippen LogP contribution in [0.15, 0.2) is 28.7 Å². The summed E-state index contributed by atoms with van der Waals surface area (Å²) in [5.74, 6) is -3.93. The zero-order chi connectivity index (χ0) is 29.5. The van der Waals surface area contributed by atoms with Gasteiger partial charge in [-0.15, -0.1) is 10.2 Å². The smallest absolute Gasteiger partial charge is 0.426 e. The van der Waals surface area contributed by atoms with Crippen LogP contribution < -0.4 is 10.5 Å². The van der Waals surface area contributed by atoms with Crippen LogP contribution in [0, 0.1) is 5.82 Å². The SMILES string of the molecule is COc1cc(F)cc(CN2CCCCC[C@](O)(C(F)(F)F)c3nnc(o3)-c3nc(c(C(F)(F)F)cc3N)C2=O)c1. The Kier molecular flexibility index (Phi) is 7.66. The van der Waals surface area contributed by atoms with Crippen molar-refractivity contribution in [1.82, 2.24) is 20.1 Å². The zero-order valence-electron chi connectivity index (χ0n) is 20.7. The largest absolute Gasteiger partial charge is 0.497 e. The highest BCUT2D eigenvalue weighted by Crippen LogP contribution is 2.43. The van der Waals surface area contributed by atoms with Gasteiger partial charge >= 0.3 is 12.4 Å². The molecule has 3 heterocycles. The van der Waals surface area contributed by atoms with Crippen molar-refractivity contribution in [3.05, 3.63) is 52.8 Å². The number of amides is 1. The number of nitrogens with zero attached hydrogens (tertiary/aromatic N) is 4. The Balaban J connectivity index is 1.87. The molecule has 0 fully saturated rings. The highest BCUT2D eigenvalue weighted by atomic mass is 19.4. The van der Waals surface area contributed by atoms with Gasteiger partial charge in [0.15, 0.2) is 5.69 Å². The molecule has 40 heavy (non-hydrogen) atoms. The Morgan fingerprint density at radius 3 is 2.45 bits per heavy atom. The molecule has 4 bridgehead atoms. The lowest BCUT2D eigenvalue weighted by molar-refractivity contribution is -0.277. The number of alkyl halides is 6. The predicted molar refractivity (Wildman–Crippen MR) is 123 cm³/mol. The summed E-state index contributed by atoms with van der Waals surface area (Å²) in [4.78, 5) is 18.2. The summed E-state index contributed by atoms with van der Waals surface area (Å²) in [7, 11) is 1.27. The van der Waals surface area contributed by atoms with Gasteiger partial charge in [0.2, 0.25) is 5.60 Å². The molecule has 1 amide bonds. The number of carbonyl (C=O) groups excluding carboxylic acids is 1. The summed E-state index contributed by atoms with van der Waals surface area (Å²) >= 11 is 0. The molecule has 0 spiro atoms. The summed E-state index contributed by atoms with van der Waals surface area (Å²) in [6.45, 7) is -0.623. The molecule has 3 aromatic rings. The summed E-state index contributed by atoms with van der Waals surface area (Å²) in [5, 5.41) is 17.2. The molecular weight excluding hydrogens is 555 g/mol. The minimum absolute atomic E-state index is 0.0161. The minimum atomic E-state index is -5.24. The Morgan fingerprint density at radius 2 is 1.80 bits per heavy atom. The van der Waals surface area contributed by atoms with Crippen molar-refractivity contribution in [1.29, 1.82) is 0 Å². The number of halogens is 7. The van der Waals surface area contributed by atoms with Crippen LogP contribution in [-0.2, 0) is 18.3 Å². The number of methoxy groups -OCH3 is 1. The van der Waals surface area contributed by atoms with Crippen molar-refractivity contribution in [3.63, 3.8) is 0 Å². The molecule has 9 nitrogen and oxygen atoms in total. The number of carbonyl (C=O) groups is 1. The summed E-state index contributed by atoms with van der Waals surface area (Å²) in [6, 6.07) is 3.86. The van der Waals surface area contributed by atoms with E-state index >= 15 is 0 Å². The number of hydrogen-bond donors (Lipinski definition) is 2. The van der Waals surface area contributed by atoms with Crippen molar-refractivity contribution >= 4 is 11.6 Å². The Labute approximate surface area is 221 Å². The molecule has 1 aromatic carbocycles. The van der Waals surface area contributed by atoms with E-state index in [0.29, 0.717) is 6.07 Å². The third-order valence-electron chi connectivity index (χ3n) is 6.30. The third kappa shape index (κ3) is 5.66. The van der Waals surface area contributed by atoms with Crippen LogP contribution in [0.3, 0.4) is 0 Å². The van der Waals surface area contributed by atoms with E-state index in [4.69, 9.17) is 14.9 Å². The highest BCUT2D eigenvalue weighted by Gasteiger charge is 2.58. The first-order chi connectivity index (χ1) is 18.6. The van der Waals surface area contributed by atoms with Gasteiger partial charge in [-0.1, -0.05) is 6.42 Å². The molecule has 1 aliphatic rings. The normalized spacial score (nSPS) is 18.9. The third-order valence-corrected chi connectivity index (χ3v) is 6.30. The molecule has 0 aliphatic carbocycles. The number of aliphatic hydroxyl groups is 1. The Bertz CT molecular complexity index is 1410. The second-order valence-corrected chi connectivity index (χ2v) is 9.13. The van der Waals surface area contributed by atoms with Gasteiger partial charge in [-0.3, -0.25) is 4.79 Å². The van der Waals surface area contributed by atoms with Gasteiger partial charge < -0.3 is 24.9 Å². The van der Waals surface area contributed by atoms with E-state index < -0.39 is 70.5 Å². The fraction of sp³-hybridized carbons (Fsp3) is 0.417. The average molecular weight is 577 g/mol. The van der Waals surface area contributed by atoms with Crippen LogP contribution in [0.4, 0.5) is 36.4 Å². The zero-order valence-corrected chi connectivity index (χ0v) is 20.7. The maximum absolute atomic E-state index is 14.1. The highest BCUT2D eigenvalue weighted by molar-refractivity contribution is 5.95. The molecule has 4 rings (SSSR count). The van der Waals surface area contributed by atoms with Crippen LogP contribution in [0.2, 0.25) is 0 Å². The first kappa shape index (κ1) is 29.0. The van der Waals surface area contributed by atoms with Gasteiger partial charge in [0.1, 0.15) is 17.3 Å². The van der Waals surface area contributed by atoms with Crippen molar-refractivity contribution in [3.8, 4) is 17.3 Å². The maximum atomic E-state index is 14.1. The van der Waals surface area contributed by atoms with E-state index in [1.54, 1.807) is 0 Å². The molecule has 2 aromatic heterocycles. The first-order valence-corrected chi connectivity index (χ1v) is 11.8. The molecular formula is C24H22F7N5O4. The summed E-state index contributed by atoms with van der Waals surface area (Å²) in [6.07, 6.45) is -11.4. The fourth-order valence-electron chi connectivity index (χ4n) is 4.25. The fourth-order valence-corrected chi connectivity index (χ4v) is 4.25. The Morgan fingerprint density at radius 1 is 1.07 bits per heavy atom. The summed E-state index contributed by atoms with van der Waals surface area (Å²) < 4.78 is 108. The number of hydrogen-bond acceptors (Lipinski definition) is 8. The molecule has 0 saturated carbocycles. The molecule has 1 aliphatic heterocycles. The number of anilines is 1. The van der Waals surface area contributed by atoms with Crippen LogP contribution in [0.25, 0.3) is 11.6 Å². The number of fused-ring (bicyclic) bond motifs is 5. The van der Waals surface area contributed by atoms with E-state index in [2.05, 4.69) is 15.2 Å². The van der Waals surface area contributed by atoms with Gasteiger partial charge in [0.05, 0.1) is 18.4 Å². The number of nitrogens with two attached hydrogens (primary N) is 1. The van der Waals surface area contributed by atoms with Gasteiger partial charge in [0.25, 0.3) is 17.7 Å². The van der Waals surface area contributed by atoms with Crippen LogP contribution in [-0.4, -0.2) is 50.9 Å². The standard InChI is InChI=1S/C24H22F7N5O4/c1-39-14-8-12(7-13(25)9-14)11-36-6-4-2-3-5-22(38,24(29,30)31)21-35-34-19(40-21)18-16(32)10-15(23(26,27)28)17(33-18)20(36)37/h7-10,38H,2-6,11,32H2,1H3/t22-/m1/s1. The molecule has 216 valence electrons. The van der Waals surface area contributed by atoms with Crippen LogP contribution in [0.5, 0.6) is 5.75 Å². The van der Waals surface area contributed by atoms with Crippen molar-refractivity contribution < 1.29 is 49.8 Å². The van der Waals surface area contributed by atoms with E-state index in [0.717, 1.165) is 17.0 Å². The lowest BCUT2D eigenvalue weighted by atomic mass is 9.95. The second kappa shape index (κ2) is 10.6. The molecule has 16 heteroatoms. The minimum Gasteiger partial charge on any atom is -0.497 e. The number of nitrogen functional groups attached to an aromatic ring is 1. The number of ether oxygens (including phenoxy) is 1. The monoisotopic (exact) mass is 577 g/mol. The van der Waals surface area contributed by atoms with Gasteiger partial charge in [-0.25, -0.2) is 9.37 Å². The van der Waals surface area contributed by atoms with Crippen LogP contribution >= 0.6 is 0 Å². The summed E-state index contributed by atoms with van der Waals surface area (Å²) in [5.41, 5.74) is -1.73. The van der Waals surface area contributed by atoms with E-state index in [1.165, 1.54) is 13.2 Å². The molecule has 0 unspecified atom stereocenters. The number of rotatable bonds is 3. The first-order valence-electron chi connectivity index (χ1n) is 11.8. The van der Waals surface area contributed by atoms with Gasteiger partial charge in [-0.2, -0.15) is 26.3 Å². The Hall–Kier alpha value is -3.95. The second-order valence-electron chi connectivity index (χ2n) is 9.13. The number of pyridine rings is 1. The van der Waals surface area contributed by atoms with E-state index in [1.807, 2.05) is 0 Å². The van der Waals surface area contributed by atoms with Crippen molar-refractivity contribution in [2.75, 3.05) is 19.4 Å². The molecule has 0 radical (unpaired) electrons. The van der Waals surface area contributed by atoms with Crippen molar-refractivity contribution in [2.24, 2.45) is 0 Å². The molecule has 0 saturated heterocycles. The topological polar surface area (TPSA) is 128 Å². The number of aromatic nitrogens is 3. The van der Waals surface area contributed by atoms with E-state index in [9.17, 15) is 40.6 Å². The number of benzene rings is 1. The van der Waals surface area contributed by atoms with Gasteiger partial charge in [0, 0.05) is 19.2 Å². The molecule has 1 atom stereocenters.